The zero-order valence-corrected chi connectivity index (χ0v) is 10.4. The fourth-order valence-corrected chi connectivity index (χ4v) is 2.12. The average molecular weight is 258 g/mol. The lowest BCUT2D eigenvalue weighted by Crippen LogP contribution is -2.09. The van der Waals surface area contributed by atoms with Gasteiger partial charge in [0.1, 0.15) is 6.61 Å². The summed E-state index contributed by atoms with van der Waals surface area (Å²) >= 11 is 1.40. The summed E-state index contributed by atoms with van der Waals surface area (Å²) in [5.74, 6) is -0.116. The number of benzene rings is 1. The van der Waals surface area contributed by atoms with E-state index in [9.17, 15) is 9.90 Å². The second kappa shape index (κ2) is 6.14. The van der Waals surface area contributed by atoms with Crippen LogP contribution in [0.1, 0.15) is 15.2 Å². The molecule has 0 aliphatic rings. The number of hydrogen-bond donors (Lipinski definition) is 1. The Kier molecular flexibility index (Phi) is 4.28. The fourth-order valence-electron chi connectivity index (χ4n) is 1.50. The Balaban J connectivity index is 2.10. The highest BCUT2D eigenvalue weighted by molar-refractivity contribution is 7.12. The van der Waals surface area contributed by atoms with Gasteiger partial charge in [-0.2, -0.15) is 0 Å². The van der Waals surface area contributed by atoms with Crippen LogP contribution in [0.3, 0.4) is 0 Å². The predicted octanol–water partition coefficient (Wildman–Crippen LogP) is 3.44. The van der Waals surface area contributed by atoms with Gasteiger partial charge in [-0.15, -0.1) is 11.3 Å². The molecule has 2 aromatic rings. The van der Waals surface area contributed by atoms with E-state index in [0.29, 0.717) is 4.88 Å². The zero-order valence-electron chi connectivity index (χ0n) is 9.63. The molecule has 1 radical (unpaired) electrons. The monoisotopic (exact) mass is 258 g/mol. The molecule has 91 valence electrons. The molecule has 1 heterocycles. The molecule has 1 N–H and O–H groups in total. The van der Waals surface area contributed by atoms with Crippen LogP contribution in [0.4, 0.5) is 5.69 Å². The number of anilines is 1. The SMILES string of the molecule is [O]C/C=C/c1cccc(NC(=O)c2cccs2)c1. The fraction of sp³-hybridized carbons (Fsp3) is 0.0714. The van der Waals surface area contributed by atoms with Crippen LogP contribution in [0.5, 0.6) is 0 Å². The summed E-state index contributed by atoms with van der Waals surface area (Å²) in [4.78, 5) is 12.5. The van der Waals surface area contributed by atoms with Crippen molar-refractivity contribution in [3.8, 4) is 0 Å². The van der Waals surface area contributed by atoms with E-state index in [2.05, 4.69) is 5.32 Å². The van der Waals surface area contributed by atoms with Gasteiger partial charge in [-0.3, -0.25) is 4.79 Å². The second-order valence-corrected chi connectivity index (χ2v) is 4.57. The van der Waals surface area contributed by atoms with E-state index in [1.807, 2.05) is 35.7 Å². The third-order valence-electron chi connectivity index (χ3n) is 2.30. The molecule has 0 spiro atoms. The first-order valence-electron chi connectivity index (χ1n) is 5.49. The Bertz CT molecular complexity index is 547. The number of rotatable bonds is 4. The molecule has 3 nitrogen and oxygen atoms in total. The van der Waals surface area contributed by atoms with Crippen LogP contribution in [0, 0.1) is 0 Å². The number of amides is 1. The molecule has 0 atom stereocenters. The lowest BCUT2D eigenvalue weighted by Gasteiger charge is -2.04. The number of hydrogen-bond acceptors (Lipinski definition) is 2. The summed E-state index contributed by atoms with van der Waals surface area (Å²) in [6, 6.07) is 11.0. The average Bonchev–Trinajstić information content (AvgIpc) is 2.91. The van der Waals surface area contributed by atoms with Crippen molar-refractivity contribution in [3.63, 3.8) is 0 Å². The molecule has 0 fully saturated rings. The van der Waals surface area contributed by atoms with Crippen molar-refractivity contribution >= 4 is 29.0 Å². The summed E-state index contributed by atoms with van der Waals surface area (Å²) < 4.78 is 0. The molecule has 0 aliphatic heterocycles. The third kappa shape index (κ3) is 3.29. The second-order valence-electron chi connectivity index (χ2n) is 3.63. The van der Waals surface area contributed by atoms with Gasteiger partial charge in [0.25, 0.3) is 5.91 Å². The van der Waals surface area contributed by atoms with Gasteiger partial charge in [0.15, 0.2) is 0 Å². The van der Waals surface area contributed by atoms with E-state index in [0.717, 1.165) is 11.3 Å². The van der Waals surface area contributed by atoms with Crippen LogP contribution in [0.15, 0.2) is 47.9 Å². The van der Waals surface area contributed by atoms with E-state index in [1.54, 1.807) is 18.2 Å². The molecule has 1 aromatic heterocycles. The van der Waals surface area contributed by atoms with Crippen LogP contribution < -0.4 is 5.32 Å². The van der Waals surface area contributed by atoms with Gasteiger partial charge in [0.05, 0.1) is 4.88 Å². The van der Waals surface area contributed by atoms with Crippen molar-refractivity contribution < 1.29 is 9.90 Å². The number of thiophene rings is 1. The lowest BCUT2D eigenvalue weighted by molar-refractivity contribution is 0.103. The molecule has 18 heavy (non-hydrogen) atoms. The van der Waals surface area contributed by atoms with E-state index >= 15 is 0 Å². The predicted molar refractivity (Wildman–Crippen MR) is 73.3 cm³/mol. The Labute approximate surface area is 109 Å². The maximum absolute atomic E-state index is 11.8. The van der Waals surface area contributed by atoms with Crippen LogP contribution in [0.25, 0.3) is 6.08 Å². The van der Waals surface area contributed by atoms with E-state index in [-0.39, 0.29) is 12.5 Å². The Hall–Kier alpha value is -1.91. The zero-order chi connectivity index (χ0) is 12.8. The molecule has 0 saturated carbocycles. The van der Waals surface area contributed by atoms with Gasteiger partial charge in [0, 0.05) is 5.69 Å². The van der Waals surface area contributed by atoms with Crippen molar-refractivity contribution in [3.05, 3.63) is 58.3 Å². The molecule has 0 aliphatic carbocycles. The molecule has 4 heteroatoms. The number of carbonyl (C=O) groups excluding carboxylic acids is 1. The van der Waals surface area contributed by atoms with Gasteiger partial charge in [-0.1, -0.05) is 30.4 Å². The Morgan fingerprint density at radius 2 is 2.17 bits per heavy atom. The molecule has 0 bridgehead atoms. The van der Waals surface area contributed by atoms with Crippen LogP contribution in [-0.2, 0) is 5.11 Å². The van der Waals surface area contributed by atoms with Gasteiger partial charge in [-0.25, -0.2) is 5.11 Å². The van der Waals surface area contributed by atoms with E-state index < -0.39 is 0 Å². The summed E-state index contributed by atoms with van der Waals surface area (Å²) in [5, 5.41) is 15.1. The maximum atomic E-state index is 11.8. The molecule has 0 unspecified atom stereocenters. The quantitative estimate of drug-likeness (QED) is 0.897. The van der Waals surface area contributed by atoms with Crippen molar-refractivity contribution in [1.82, 2.24) is 0 Å². The van der Waals surface area contributed by atoms with Gasteiger partial charge >= 0.3 is 0 Å². The minimum absolute atomic E-state index is 0.116. The first-order chi connectivity index (χ1) is 8.79. The molecule has 1 amide bonds. The number of carbonyl (C=O) groups is 1. The highest BCUT2D eigenvalue weighted by Crippen LogP contribution is 2.15. The summed E-state index contributed by atoms with van der Waals surface area (Å²) in [5.41, 5.74) is 1.62. The summed E-state index contributed by atoms with van der Waals surface area (Å²) in [7, 11) is 0. The summed E-state index contributed by atoms with van der Waals surface area (Å²) in [6.45, 7) is -0.244. The van der Waals surface area contributed by atoms with Crippen LogP contribution in [0.2, 0.25) is 0 Å². The summed E-state index contributed by atoms with van der Waals surface area (Å²) in [6.07, 6.45) is 3.29. The molecule has 2 rings (SSSR count). The minimum atomic E-state index is -0.244. The van der Waals surface area contributed by atoms with Gasteiger partial charge in [-0.05, 0) is 29.1 Å². The standard InChI is InChI=1S/C14H12NO2S/c16-8-2-5-11-4-1-6-12(10-11)15-14(17)13-7-3-9-18-13/h1-7,9-10H,8H2,(H,15,17)/b5-2+. The van der Waals surface area contributed by atoms with Crippen molar-refractivity contribution in [1.29, 1.82) is 0 Å². The maximum Gasteiger partial charge on any atom is 0.265 e. The Morgan fingerprint density at radius 3 is 2.89 bits per heavy atom. The van der Waals surface area contributed by atoms with Crippen LogP contribution in [-0.4, -0.2) is 12.5 Å². The molecular formula is C14H12NO2S. The minimum Gasteiger partial charge on any atom is -0.321 e. The smallest absolute Gasteiger partial charge is 0.265 e. The van der Waals surface area contributed by atoms with Gasteiger partial charge in [0.2, 0.25) is 0 Å². The largest absolute Gasteiger partial charge is 0.321 e. The molecule has 0 saturated heterocycles. The lowest BCUT2D eigenvalue weighted by atomic mass is 10.2. The molecule has 1 aromatic carbocycles. The topological polar surface area (TPSA) is 49.0 Å². The van der Waals surface area contributed by atoms with E-state index in [4.69, 9.17) is 0 Å². The normalized spacial score (nSPS) is 10.7. The van der Waals surface area contributed by atoms with Gasteiger partial charge < -0.3 is 5.32 Å². The molecular weight excluding hydrogens is 246 g/mol. The van der Waals surface area contributed by atoms with E-state index in [1.165, 1.54) is 11.3 Å². The highest BCUT2D eigenvalue weighted by Gasteiger charge is 2.06. The van der Waals surface area contributed by atoms with Crippen molar-refractivity contribution in [2.24, 2.45) is 0 Å². The Morgan fingerprint density at radius 1 is 1.28 bits per heavy atom. The third-order valence-corrected chi connectivity index (χ3v) is 3.16. The number of nitrogens with one attached hydrogen (secondary N) is 1. The van der Waals surface area contributed by atoms with Crippen LogP contribution >= 0.6 is 11.3 Å². The first-order valence-corrected chi connectivity index (χ1v) is 6.37. The highest BCUT2D eigenvalue weighted by atomic mass is 32.1. The van der Waals surface area contributed by atoms with Crippen molar-refractivity contribution in [2.45, 2.75) is 0 Å². The first kappa shape index (κ1) is 12.5. The van der Waals surface area contributed by atoms with Crippen molar-refractivity contribution in [2.75, 3.05) is 11.9 Å².